The fraction of sp³-hybridized carbons (Fsp3) is 0.625. The average molecular weight is 231 g/mol. The van der Waals surface area contributed by atoms with Gasteiger partial charge in [-0.2, -0.15) is 0 Å². The summed E-state index contributed by atoms with van der Waals surface area (Å²) in [6, 6.07) is 11.6. The molecule has 1 aliphatic rings. The summed E-state index contributed by atoms with van der Waals surface area (Å²) in [7, 11) is 0. The van der Waals surface area contributed by atoms with Crippen molar-refractivity contribution < 1.29 is 0 Å². The monoisotopic (exact) mass is 231 g/mol. The smallest absolute Gasteiger partial charge is 0.00926 e. The van der Waals surface area contributed by atoms with Crippen molar-refractivity contribution in [3.8, 4) is 0 Å². The molecule has 0 spiro atoms. The highest BCUT2D eigenvalue weighted by molar-refractivity contribution is 5.14. The highest BCUT2D eigenvalue weighted by atomic mass is 14.9. The molecule has 17 heavy (non-hydrogen) atoms. The number of unbranched alkanes of at least 4 members (excludes halogenated alkanes) is 1. The number of hydrogen-bond acceptors (Lipinski definition) is 1. The lowest BCUT2D eigenvalue weighted by atomic mass is 10.1. The Morgan fingerprint density at radius 1 is 1.12 bits per heavy atom. The number of nitrogens with one attached hydrogen (secondary N) is 1. The molecule has 2 unspecified atom stereocenters. The zero-order valence-corrected chi connectivity index (χ0v) is 11.0. The molecule has 1 aromatic carbocycles. The molecule has 94 valence electrons. The van der Waals surface area contributed by atoms with Crippen LogP contribution in [-0.4, -0.2) is 12.6 Å². The van der Waals surface area contributed by atoms with Gasteiger partial charge in [0.2, 0.25) is 0 Å². The molecule has 1 N–H and O–H groups in total. The van der Waals surface area contributed by atoms with Crippen molar-refractivity contribution in [3.63, 3.8) is 0 Å². The third-order valence-electron chi connectivity index (χ3n) is 4.00. The third kappa shape index (κ3) is 4.16. The van der Waals surface area contributed by atoms with Crippen LogP contribution in [0.4, 0.5) is 0 Å². The Kier molecular flexibility index (Phi) is 5.06. The lowest BCUT2D eigenvalue weighted by Crippen LogP contribution is -2.31. The maximum absolute atomic E-state index is 3.72. The topological polar surface area (TPSA) is 12.0 Å². The first-order chi connectivity index (χ1) is 8.36. The Balaban J connectivity index is 1.55. The molecular formula is C16H25N. The lowest BCUT2D eigenvalue weighted by molar-refractivity contribution is 0.421. The highest BCUT2D eigenvalue weighted by Crippen LogP contribution is 2.24. The van der Waals surface area contributed by atoms with E-state index in [1.165, 1.54) is 50.6 Å². The molecule has 1 saturated carbocycles. The summed E-state index contributed by atoms with van der Waals surface area (Å²) in [4.78, 5) is 0. The van der Waals surface area contributed by atoms with Crippen molar-refractivity contribution >= 4 is 0 Å². The number of benzene rings is 1. The van der Waals surface area contributed by atoms with Gasteiger partial charge in [-0.15, -0.1) is 0 Å². The van der Waals surface area contributed by atoms with Crippen LogP contribution in [0, 0.1) is 5.92 Å². The summed E-state index contributed by atoms with van der Waals surface area (Å²) >= 11 is 0. The molecular weight excluding hydrogens is 206 g/mol. The van der Waals surface area contributed by atoms with E-state index in [9.17, 15) is 0 Å². The normalized spacial score (nSPS) is 24.1. The second-order valence-corrected chi connectivity index (χ2v) is 5.41. The number of aryl methyl sites for hydroxylation is 1. The second kappa shape index (κ2) is 6.80. The molecule has 0 aliphatic heterocycles. The molecule has 0 bridgehead atoms. The van der Waals surface area contributed by atoms with Crippen LogP contribution in [0.15, 0.2) is 30.3 Å². The van der Waals surface area contributed by atoms with Gasteiger partial charge in [-0.3, -0.25) is 0 Å². The molecule has 1 aromatic rings. The van der Waals surface area contributed by atoms with Gasteiger partial charge in [0.15, 0.2) is 0 Å². The molecule has 0 saturated heterocycles. The van der Waals surface area contributed by atoms with Crippen LogP contribution in [0.2, 0.25) is 0 Å². The summed E-state index contributed by atoms with van der Waals surface area (Å²) in [5.74, 6) is 0.893. The fourth-order valence-electron chi connectivity index (χ4n) is 2.83. The van der Waals surface area contributed by atoms with Gasteiger partial charge in [0.25, 0.3) is 0 Å². The molecule has 2 rings (SSSR count). The summed E-state index contributed by atoms with van der Waals surface area (Å²) in [5, 5.41) is 3.72. The van der Waals surface area contributed by atoms with E-state index in [1.807, 2.05) is 0 Å². The van der Waals surface area contributed by atoms with Gasteiger partial charge in [0.05, 0.1) is 0 Å². The first-order valence-corrected chi connectivity index (χ1v) is 7.13. The fourth-order valence-corrected chi connectivity index (χ4v) is 2.83. The molecule has 1 nitrogen and oxygen atoms in total. The Labute approximate surface area is 106 Å². The van der Waals surface area contributed by atoms with Gasteiger partial charge in [0, 0.05) is 6.04 Å². The van der Waals surface area contributed by atoms with Crippen molar-refractivity contribution in [1.82, 2.24) is 5.32 Å². The molecule has 1 heteroatoms. The Bertz CT molecular complexity index is 307. The Hall–Kier alpha value is -0.820. The lowest BCUT2D eigenvalue weighted by Gasteiger charge is -2.17. The maximum atomic E-state index is 3.72. The van der Waals surface area contributed by atoms with Gasteiger partial charge in [0.1, 0.15) is 0 Å². The maximum Gasteiger partial charge on any atom is 0.00926 e. The van der Waals surface area contributed by atoms with Crippen LogP contribution in [-0.2, 0) is 6.42 Å². The van der Waals surface area contributed by atoms with Crippen molar-refractivity contribution in [1.29, 1.82) is 0 Å². The molecule has 0 radical (unpaired) electrons. The van der Waals surface area contributed by atoms with E-state index < -0.39 is 0 Å². The average Bonchev–Trinajstić information content (AvgIpc) is 2.76. The Morgan fingerprint density at radius 2 is 1.94 bits per heavy atom. The van der Waals surface area contributed by atoms with E-state index in [4.69, 9.17) is 0 Å². The van der Waals surface area contributed by atoms with Gasteiger partial charge < -0.3 is 5.32 Å². The van der Waals surface area contributed by atoms with Crippen LogP contribution in [0.1, 0.15) is 44.6 Å². The van der Waals surface area contributed by atoms with E-state index in [0.29, 0.717) is 0 Å². The predicted octanol–water partition coefficient (Wildman–Crippen LogP) is 3.79. The van der Waals surface area contributed by atoms with Crippen LogP contribution in [0.25, 0.3) is 0 Å². The molecule has 0 aromatic heterocycles. The molecule has 0 heterocycles. The van der Waals surface area contributed by atoms with Crippen LogP contribution in [0.5, 0.6) is 0 Å². The standard InChI is InChI=1S/C16H25N/c1-14-8-7-12-16(14)17-13-6-5-11-15-9-3-2-4-10-15/h2-4,9-10,14,16-17H,5-8,11-13H2,1H3. The quantitative estimate of drug-likeness (QED) is 0.735. The minimum atomic E-state index is 0.798. The van der Waals surface area contributed by atoms with Crippen molar-refractivity contribution in [2.24, 2.45) is 5.92 Å². The third-order valence-corrected chi connectivity index (χ3v) is 4.00. The molecule has 1 fully saturated rings. The van der Waals surface area contributed by atoms with E-state index >= 15 is 0 Å². The number of rotatable bonds is 6. The van der Waals surface area contributed by atoms with Gasteiger partial charge in [-0.05, 0) is 50.1 Å². The zero-order chi connectivity index (χ0) is 11.9. The van der Waals surface area contributed by atoms with Crippen molar-refractivity contribution in [2.45, 2.75) is 51.5 Å². The second-order valence-electron chi connectivity index (χ2n) is 5.41. The van der Waals surface area contributed by atoms with E-state index in [0.717, 1.165) is 12.0 Å². The van der Waals surface area contributed by atoms with E-state index in [1.54, 1.807) is 0 Å². The number of hydrogen-bond donors (Lipinski definition) is 1. The predicted molar refractivity (Wildman–Crippen MR) is 74.2 cm³/mol. The van der Waals surface area contributed by atoms with Gasteiger partial charge in [-0.25, -0.2) is 0 Å². The van der Waals surface area contributed by atoms with Gasteiger partial charge in [-0.1, -0.05) is 43.7 Å². The SMILES string of the molecule is CC1CCCC1NCCCCc1ccccc1. The first kappa shape index (κ1) is 12.6. The molecule has 2 atom stereocenters. The van der Waals surface area contributed by atoms with Gasteiger partial charge >= 0.3 is 0 Å². The highest BCUT2D eigenvalue weighted by Gasteiger charge is 2.21. The van der Waals surface area contributed by atoms with Crippen LogP contribution in [0.3, 0.4) is 0 Å². The van der Waals surface area contributed by atoms with Crippen molar-refractivity contribution in [3.05, 3.63) is 35.9 Å². The Morgan fingerprint density at radius 3 is 2.65 bits per heavy atom. The van der Waals surface area contributed by atoms with E-state index in [2.05, 4.69) is 42.6 Å². The van der Waals surface area contributed by atoms with Crippen LogP contribution < -0.4 is 5.32 Å². The minimum Gasteiger partial charge on any atom is -0.314 e. The van der Waals surface area contributed by atoms with Crippen LogP contribution >= 0.6 is 0 Å². The molecule has 0 amide bonds. The summed E-state index contributed by atoms with van der Waals surface area (Å²) < 4.78 is 0. The largest absolute Gasteiger partial charge is 0.314 e. The van der Waals surface area contributed by atoms with Crippen molar-refractivity contribution in [2.75, 3.05) is 6.54 Å². The summed E-state index contributed by atoms with van der Waals surface area (Å²) in [5.41, 5.74) is 1.47. The first-order valence-electron chi connectivity index (χ1n) is 7.13. The summed E-state index contributed by atoms with van der Waals surface area (Å²) in [6.45, 7) is 3.58. The van der Waals surface area contributed by atoms with E-state index in [-0.39, 0.29) is 0 Å². The summed E-state index contributed by atoms with van der Waals surface area (Å²) in [6.07, 6.45) is 8.06. The minimum absolute atomic E-state index is 0.798. The zero-order valence-electron chi connectivity index (χ0n) is 11.0. The molecule has 1 aliphatic carbocycles.